The predicted molar refractivity (Wildman–Crippen MR) is 97.7 cm³/mol. The van der Waals surface area contributed by atoms with Gasteiger partial charge in [0.2, 0.25) is 0 Å². The topological polar surface area (TPSA) is 71.7 Å². The molecule has 4 rings (SSSR count). The van der Waals surface area contributed by atoms with Crippen LogP contribution in [0.3, 0.4) is 0 Å². The Bertz CT molecular complexity index is 945. The van der Waals surface area contributed by atoms with Gasteiger partial charge >= 0.3 is 0 Å². The monoisotopic (exact) mass is 352 g/mol. The van der Waals surface area contributed by atoms with E-state index in [0.29, 0.717) is 37.3 Å². The predicted octanol–water partition coefficient (Wildman–Crippen LogP) is 2.50. The molecule has 0 atom stereocenters. The van der Waals surface area contributed by atoms with Crippen molar-refractivity contribution in [1.29, 1.82) is 0 Å². The Balaban J connectivity index is 1.51. The Morgan fingerprint density at radius 3 is 2.73 bits per heavy atom. The number of rotatable bonds is 3. The fourth-order valence-electron chi connectivity index (χ4n) is 3.35. The van der Waals surface area contributed by atoms with Crippen molar-refractivity contribution < 1.29 is 13.9 Å². The van der Waals surface area contributed by atoms with E-state index in [-0.39, 0.29) is 5.91 Å². The van der Waals surface area contributed by atoms with E-state index < -0.39 is 0 Å². The van der Waals surface area contributed by atoms with Gasteiger partial charge in [-0.05, 0) is 13.0 Å². The molecule has 0 bridgehead atoms. The van der Waals surface area contributed by atoms with Crippen LogP contribution in [0.4, 0.5) is 5.69 Å². The number of pyridine rings is 2. The van der Waals surface area contributed by atoms with Gasteiger partial charge in [-0.3, -0.25) is 14.8 Å². The summed E-state index contributed by atoms with van der Waals surface area (Å²) >= 11 is 0. The zero-order chi connectivity index (χ0) is 18.1. The summed E-state index contributed by atoms with van der Waals surface area (Å²) in [6, 6.07) is 3.74. The number of amides is 1. The molecule has 4 heterocycles. The Morgan fingerprint density at radius 2 is 1.96 bits per heavy atom. The van der Waals surface area contributed by atoms with Crippen molar-refractivity contribution >= 4 is 22.6 Å². The van der Waals surface area contributed by atoms with Crippen molar-refractivity contribution in [2.24, 2.45) is 0 Å². The largest absolute Gasteiger partial charge is 0.494 e. The molecule has 0 spiro atoms. The molecule has 0 saturated carbocycles. The molecule has 1 saturated heterocycles. The number of methoxy groups -OCH3 is 1. The van der Waals surface area contributed by atoms with E-state index >= 15 is 0 Å². The summed E-state index contributed by atoms with van der Waals surface area (Å²) in [6.45, 7) is 4.54. The van der Waals surface area contributed by atoms with E-state index in [4.69, 9.17) is 9.15 Å². The van der Waals surface area contributed by atoms with Gasteiger partial charge in [0.15, 0.2) is 0 Å². The molecule has 0 aromatic carbocycles. The van der Waals surface area contributed by atoms with Gasteiger partial charge < -0.3 is 19.0 Å². The standard InChI is InChI=1S/C19H20N4O3/c1-13-9-14-10-21-11-15(18(14)26-13)19(24)23-7-5-22(6-8-23)16-12-20-4-3-17(16)25-2/h3-4,9-12H,5-8H2,1-2H3. The third-order valence-corrected chi connectivity index (χ3v) is 4.67. The number of ether oxygens (including phenoxy) is 1. The molecule has 1 aliphatic heterocycles. The normalized spacial score (nSPS) is 14.7. The van der Waals surface area contributed by atoms with Crippen LogP contribution in [0.25, 0.3) is 11.0 Å². The second-order valence-electron chi connectivity index (χ2n) is 6.29. The number of aryl methyl sites for hydroxylation is 1. The Labute approximate surface area is 151 Å². The van der Waals surface area contributed by atoms with Gasteiger partial charge in [0.1, 0.15) is 22.7 Å². The number of nitrogens with zero attached hydrogens (tertiary/aromatic N) is 4. The minimum Gasteiger partial charge on any atom is -0.494 e. The van der Waals surface area contributed by atoms with Crippen molar-refractivity contribution in [1.82, 2.24) is 14.9 Å². The van der Waals surface area contributed by atoms with Gasteiger partial charge in [0.05, 0.1) is 19.0 Å². The minimum atomic E-state index is -0.0461. The van der Waals surface area contributed by atoms with Crippen LogP contribution in [-0.4, -0.2) is 54.1 Å². The maximum Gasteiger partial charge on any atom is 0.259 e. The number of hydrogen-bond donors (Lipinski definition) is 0. The van der Waals surface area contributed by atoms with Crippen LogP contribution in [0.2, 0.25) is 0 Å². The lowest BCUT2D eigenvalue weighted by Crippen LogP contribution is -2.49. The molecule has 3 aromatic heterocycles. The molecule has 0 aliphatic carbocycles. The highest BCUT2D eigenvalue weighted by Gasteiger charge is 2.26. The molecular weight excluding hydrogens is 332 g/mol. The minimum absolute atomic E-state index is 0.0461. The van der Waals surface area contributed by atoms with Gasteiger partial charge in [0.25, 0.3) is 5.91 Å². The van der Waals surface area contributed by atoms with Crippen LogP contribution in [0.5, 0.6) is 5.75 Å². The molecule has 0 radical (unpaired) electrons. The summed E-state index contributed by atoms with van der Waals surface area (Å²) in [5.41, 5.74) is 2.08. The van der Waals surface area contributed by atoms with Crippen LogP contribution in [0.15, 0.2) is 41.3 Å². The lowest BCUT2D eigenvalue weighted by molar-refractivity contribution is 0.0747. The molecule has 1 aliphatic rings. The first-order valence-electron chi connectivity index (χ1n) is 8.54. The van der Waals surface area contributed by atoms with Gasteiger partial charge in [-0.15, -0.1) is 0 Å². The van der Waals surface area contributed by atoms with Crippen molar-refractivity contribution in [2.45, 2.75) is 6.92 Å². The molecule has 1 amide bonds. The van der Waals surface area contributed by atoms with E-state index in [1.165, 1.54) is 0 Å². The van der Waals surface area contributed by atoms with E-state index in [2.05, 4.69) is 14.9 Å². The zero-order valence-corrected chi connectivity index (χ0v) is 14.8. The number of hydrogen-bond acceptors (Lipinski definition) is 6. The van der Waals surface area contributed by atoms with Crippen LogP contribution >= 0.6 is 0 Å². The van der Waals surface area contributed by atoms with E-state index in [0.717, 1.165) is 22.6 Å². The molecule has 1 fully saturated rings. The van der Waals surface area contributed by atoms with Gasteiger partial charge in [0, 0.05) is 56.2 Å². The lowest BCUT2D eigenvalue weighted by atomic mass is 10.1. The van der Waals surface area contributed by atoms with Crippen LogP contribution in [-0.2, 0) is 0 Å². The third kappa shape index (κ3) is 2.85. The fourth-order valence-corrected chi connectivity index (χ4v) is 3.35. The average molecular weight is 352 g/mol. The number of furan rings is 1. The first kappa shape index (κ1) is 16.4. The SMILES string of the molecule is COc1ccncc1N1CCN(C(=O)c2cncc3cc(C)oc23)CC1. The van der Waals surface area contributed by atoms with Crippen molar-refractivity contribution in [3.8, 4) is 5.75 Å². The Hall–Kier alpha value is -3.09. The molecule has 3 aromatic rings. The molecule has 134 valence electrons. The maximum absolute atomic E-state index is 13.0. The van der Waals surface area contributed by atoms with Gasteiger partial charge in [-0.1, -0.05) is 0 Å². The summed E-state index contributed by atoms with van der Waals surface area (Å²) in [5, 5.41) is 0.854. The van der Waals surface area contributed by atoms with Crippen LogP contribution in [0, 0.1) is 6.92 Å². The fraction of sp³-hybridized carbons (Fsp3) is 0.316. The highest BCUT2D eigenvalue weighted by molar-refractivity contribution is 6.04. The first-order chi connectivity index (χ1) is 12.7. The second kappa shape index (κ2) is 6.67. The smallest absolute Gasteiger partial charge is 0.259 e. The number of carbonyl (C=O) groups excluding carboxylic acids is 1. The molecular formula is C19H20N4O3. The third-order valence-electron chi connectivity index (χ3n) is 4.67. The van der Waals surface area contributed by atoms with E-state index in [1.807, 2.05) is 24.0 Å². The van der Waals surface area contributed by atoms with Crippen molar-refractivity contribution in [2.75, 3.05) is 38.2 Å². The molecule has 0 N–H and O–H groups in total. The first-order valence-corrected chi connectivity index (χ1v) is 8.54. The number of aromatic nitrogens is 2. The van der Waals surface area contributed by atoms with Gasteiger partial charge in [-0.25, -0.2) is 0 Å². The maximum atomic E-state index is 13.0. The van der Waals surface area contributed by atoms with Gasteiger partial charge in [-0.2, -0.15) is 0 Å². The summed E-state index contributed by atoms with van der Waals surface area (Å²) < 4.78 is 11.1. The summed E-state index contributed by atoms with van der Waals surface area (Å²) in [6.07, 6.45) is 6.81. The second-order valence-corrected chi connectivity index (χ2v) is 6.29. The summed E-state index contributed by atoms with van der Waals surface area (Å²) in [7, 11) is 1.65. The molecule has 7 nitrogen and oxygen atoms in total. The van der Waals surface area contributed by atoms with Crippen molar-refractivity contribution in [3.63, 3.8) is 0 Å². The van der Waals surface area contributed by atoms with E-state index in [1.54, 1.807) is 31.9 Å². The molecule has 0 unspecified atom stereocenters. The highest BCUT2D eigenvalue weighted by atomic mass is 16.5. The molecule has 7 heteroatoms. The summed E-state index contributed by atoms with van der Waals surface area (Å²) in [4.78, 5) is 25.4. The zero-order valence-electron chi connectivity index (χ0n) is 14.8. The van der Waals surface area contributed by atoms with E-state index in [9.17, 15) is 4.79 Å². The van der Waals surface area contributed by atoms with Crippen LogP contribution < -0.4 is 9.64 Å². The average Bonchev–Trinajstić information content (AvgIpc) is 3.07. The Kier molecular flexibility index (Phi) is 4.20. The van der Waals surface area contributed by atoms with Crippen molar-refractivity contribution in [3.05, 3.63) is 48.2 Å². The Morgan fingerprint density at radius 1 is 1.15 bits per heavy atom. The quantitative estimate of drug-likeness (QED) is 0.721. The highest BCUT2D eigenvalue weighted by Crippen LogP contribution is 2.28. The number of piperazine rings is 1. The number of fused-ring (bicyclic) bond motifs is 1. The summed E-state index contributed by atoms with van der Waals surface area (Å²) in [5.74, 6) is 1.52. The number of carbonyl (C=O) groups is 1. The van der Waals surface area contributed by atoms with Crippen LogP contribution in [0.1, 0.15) is 16.1 Å². The molecule has 26 heavy (non-hydrogen) atoms. The number of anilines is 1. The lowest BCUT2D eigenvalue weighted by Gasteiger charge is -2.36.